The number of hydrogen-bond donors (Lipinski definition) is 3. The lowest BCUT2D eigenvalue weighted by Gasteiger charge is -2.33. The average molecular weight is 198 g/mol. The lowest BCUT2D eigenvalue weighted by molar-refractivity contribution is 0.246. The number of aliphatic imine (C=N–C) groups is 1. The first-order valence-corrected chi connectivity index (χ1v) is 5.37. The molecule has 4 nitrogen and oxygen atoms in total. The van der Waals surface area contributed by atoms with Crippen molar-refractivity contribution in [2.45, 2.75) is 39.2 Å². The Morgan fingerprint density at radius 2 is 2.07 bits per heavy atom. The summed E-state index contributed by atoms with van der Waals surface area (Å²) in [6, 6.07) is 0.515. The first-order valence-electron chi connectivity index (χ1n) is 5.37. The number of nitrogens with two attached hydrogens (primary N) is 1. The van der Waals surface area contributed by atoms with Crippen LogP contribution in [0.3, 0.4) is 0 Å². The van der Waals surface area contributed by atoms with E-state index in [1.807, 2.05) is 0 Å². The van der Waals surface area contributed by atoms with Crippen molar-refractivity contribution in [2.24, 2.45) is 22.7 Å². The maximum absolute atomic E-state index is 5.33. The normalized spacial score (nSPS) is 34.0. The van der Waals surface area contributed by atoms with Gasteiger partial charge in [-0.15, -0.1) is 0 Å². The zero-order chi connectivity index (χ0) is 10.6. The standard InChI is InChI=1S/C10H22N4/c1-7-4-5-9(8(2)6-7)13-10(12-3)14-11/h7-9H,4-6,11H2,1-3H3,(H2,12,13,14). The molecule has 14 heavy (non-hydrogen) atoms. The Bertz CT molecular complexity index is 202. The Hall–Kier alpha value is -0.770. The van der Waals surface area contributed by atoms with Crippen LogP contribution in [0.15, 0.2) is 4.99 Å². The molecule has 0 radical (unpaired) electrons. The number of hydrazine groups is 1. The van der Waals surface area contributed by atoms with Crippen LogP contribution in [0.4, 0.5) is 0 Å². The molecule has 0 aromatic heterocycles. The van der Waals surface area contributed by atoms with E-state index < -0.39 is 0 Å². The lowest BCUT2D eigenvalue weighted by Crippen LogP contribution is -2.49. The molecule has 4 heteroatoms. The Morgan fingerprint density at radius 1 is 1.36 bits per heavy atom. The molecule has 0 aromatic carbocycles. The third kappa shape index (κ3) is 2.87. The van der Waals surface area contributed by atoms with Crippen LogP contribution in [0.2, 0.25) is 0 Å². The van der Waals surface area contributed by atoms with E-state index >= 15 is 0 Å². The fraction of sp³-hybridized carbons (Fsp3) is 0.900. The number of guanidine groups is 1. The number of hydrogen-bond acceptors (Lipinski definition) is 2. The molecule has 0 saturated heterocycles. The van der Waals surface area contributed by atoms with Gasteiger partial charge in [-0.1, -0.05) is 13.8 Å². The fourth-order valence-electron chi connectivity index (χ4n) is 2.23. The highest BCUT2D eigenvalue weighted by Gasteiger charge is 2.25. The minimum Gasteiger partial charge on any atom is -0.352 e. The molecule has 0 aromatic rings. The summed E-state index contributed by atoms with van der Waals surface area (Å²) in [4.78, 5) is 4.02. The summed E-state index contributed by atoms with van der Waals surface area (Å²) < 4.78 is 0. The third-order valence-corrected chi connectivity index (χ3v) is 3.11. The second-order valence-electron chi connectivity index (χ2n) is 4.36. The van der Waals surface area contributed by atoms with E-state index in [0.29, 0.717) is 17.9 Å². The second-order valence-corrected chi connectivity index (χ2v) is 4.36. The molecular formula is C10H22N4. The molecule has 82 valence electrons. The summed E-state index contributed by atoms with van der Waals surface area (Å²) in [7, 11) is 1.73. The van der Waals surface area contributed by atoms with E-state index in [9.17, 15) is 0 Å². The van der Waals surface area contributed by atoms with Crippen molar-refractivity contribution in [3.63, 3.8) is 0 Å². The summed E-state index contributed by atoms with van der Waals surface area (Å²) in [5.74, 6) is 7.58. The van der Waals surface area contributed by atoms with Crippen LogP contribution in [0.1, 0.15) is 33.1 Å². The molecule has 0 amide bonds. The van der Waals surface area contributed by atoms with Gasteiger partial charge in [0, 0.05) is 13.1 Å². The first-order chi connectivity index (χ1) is 6.67. The highest BCUT2D eigenvalue weighted by Crippen LogP contribution is 2.28. The van der Waals surface area contributed by atoms with Gasteiger partial charge in [-0.25, -0.2) is 5.84 Å². The molecule has 1 aliphatic carbocycles. The van der Waals surface area contributed by atoms with Crippen LogP contribution in [0.25, 0.3) is 0 Å². The summed E-state index contributed by atoms with van der Waals surface area (Å²) in [5.41, 5.74) is 2.57. The van der Waals surface area contributed by atoms with Gasteiger partial charge in [0.1, 0.15) is 0 Å². The molecule has 0 spiro atoms. The maximum atomic E-state index is 5.33. The topological polar surface area (TPSA) is 62.4 Å². The van der Waals surface area contributed by atoms with E-state index in [2.05, 4.69) is 29.6 Å². The smallest absolute Gasteiger partial charge is 0.205 e. The van der Waals surface area contributed by atoms with Crippen molar-refractivity contribution >= 4 is 5.96 Å². The number of nitrogens with one attached hydrogen (secondary N) is 2. The zero-order valence-corrected chi connectivity index (χ0v) is 9.38. The van der Waals surface area contributed by atoms with Crippen molar-refractivity contribution in [1.29, 1.82) is 0 Å². The lowest BCUT2D eigenvalue weighted by atomic mass is 9.80. The van der Waals surface area contributed by atoms with Crippen LogP contribution in [-0.2, 0) is 0 Å². The van der Waals surface area contributed by atoms with Crippen molar-refractivity contribution < 1.29 is 0 Å². The molecule has 4 N–H and O–H groups in total. The van der Waals surface area contributed by atoms with E-state index in [4.69, 9.17) is 5.84 Å². The Kier molecular flexibility index (Phi) is 4.20. The largest absolute Gasteiger partial charge is 0.352 e. The maximum Gasteiger partial charge on any atom is 0.205 e. The van der Waals surface area contributed by atoms with Gasteiger partial charge in [-0.3, -0.25) is 10.4 Å². The van der Waals surface area contributed by atoms with Crippen LogP contribution < -0.4 is 16.6 Å². The molecule has 3 atom stereocenters. The molecule has 0 bridgehead atoms. The highest BCUT2D eigenvalue weighted by molar-refractivity contribution is 5.79. The highest BCUT2D eigenvalue weighted by atomic mass is 15.3. The van der Waals surface area contributed by atoms with Gasteiger partial charge in [0.05, 0.1) is 0 Å². The molecule has 3 unspecified atom stereocenters. The summed E-state index contributed by atoms with van der Waals surface area (Å²) >= 11 is 0. The molecular weight excluding hydrogens is 176 g/mol. The van der Waals surface area contributed by atoms with E-state index in [-0.39, 0.29) is 0 Å². The molecule has 1 fully saturated rings. The van der Waals surface area contributed by atoms with Crippen LogP contribution >= 0.6 is 0 Å². The number of rotatable bonds is 1. The summed E-state index contributed by atoms with van der Waals surface area (Å²) in [6.45, 7) is 4.61. The van der Waals surface area contributed by atoms with Crippen molar-refractivity contribution in [2.75, 3.05) is 7.05 Å². The minimum atomic E-state index is 0.515. The summed E-state index contributed by atoms with van der Waals surface area (Å²) in [6.07, 6.45) is 3.80. The first kappa shape index (κ1) is 11.3. The van der Waals surface area contributed by atoms with Crippen molar-refractivity contribution in [3.05, 3.63) is 0 Å². The van der Waals surface area contributed by atoms with Gasteiger partial charge in [0.25, 0.3) is 0 Å². The van der Waals surface area contributed by atoms with Crippen molar-refractivity contribution in [1.82, 2.24) is 10.7 Å². The predicted molar refractivity (Wildman–Crippen MR) is 59.8 cm³/mol. The van der Waals surface area contributed by atoms with Gasteiger partial charge in [-0.05, 0) is 31.1 Å². The SMILES string of the molecule is CN=C(NN)NC1CCC(C)CC1C. The van der Waals surface area contributed by atoms with Crippen LogP contribution in [0, 0.1) is 11.8 Å². The second kappa shape index (κ2) is 5.20. The molecule has 1 rings (SSSR count). The fourth-order valence-corrected chi connectivity index (χ4v) is 2.23. The zero-order valence-electron chi connectivity index (χ0n) is 9.38. The quantitative estimate of drug-likeness (QED) is 0.253. The minimum absolute atomic E-state index is 0.515. The van der Waals surface area contributed by atoms with E-state index in [0.717, 1.165) is 5.92 Å². The van der Waals surface area contributed by atoms with Crippen LogP contribution in [-0.4, -0.2) is 19.0 Å². The molecule has 0 aliphatic heterocycles. The molecule has 1 aliphatic rings. The van der Waals surface area contributed by atoms with Gasteiger partial charge >= 0.3 is 0 Å². The van der Waals surface area contributed by atoms with Gasteiger partial charge in [0.2, 0.25) is 5.96 Å². The Labute approximate surface area is 86.3 Å². The third-order valence-electron chi connectivity index (χ3n) is 3.11. The van der Waals surface area contributed by atoms with Gasteiger partial charge in [-0.2, -0.15) is 0 Å². The molecule has 1 saturated carbocycles. The van der Waals surface area contributed by atoms with E-state index in [1.165, 1.54) is 19.3 Å². The van der Waals surface area contributed by atoms with Crippen LogP contribution in [0.5, 0.6) is 0 Å². The van der Waals surface area contributed by atoms with Gasteiger partial charge < -0.3 is 5.32 Å². The Balaban J connectivity index is 2.44. The monoisotopic (exact) mass is 198 g/mol. The van der Waals surface area contributed by atoms with Gasteiger partial charge in [0.15, 0.2) is 0 Å². The Morgan fingerprint density at radius 3 is 2.57 bits per heavy atom. The average Bonchev–Trinajstić information content (AvgIpc) is 2.17. The van der Waals surface area contributed by atoms with E-state index in [1.54, 1.807) is 7.05 Å². The molecule has 0 heterocycles. The summed E-state index contributed by atoms with van der Waals surface area (Å²) in [5, 5.41) is 3.34. The number of nitrogens with zero attached hydrogens (tertiary/aromatic N) is 1. The van der Waals surface area contributed by atoms with Crippen molar-refractivity contribution in [3.8, 4) is 0 Å². The predicted octanol–water partition coefficient (Wildman–Crippen LogP) is 0.850.